The number of carbonyl (C=O) groups excluding carboxylic acids is 1. The molecule has 1 aromatic heterocycles. The molecule has 110 valence electrons. The molecule has 1 aliphatic rings. The summed E-state index contributed by atoms with van der Waals surface area (Å²) >= 11 is 1.61. The van der Waals surface area contributed by atoms with E-state index in [4.69, 9.17) is 5.11 Å². The van der Waals surface area contributed by atoms with Crippen molar-refractivity contribution in [1.82, 2.24) is 5.32 Å². The molecule has 1 aliphatic carbocycles. The second-order valence-corrected chi connectivity index (χ2v) is 7.34. The Balaban J connectivity index is 2.09. The van der Waals surface area contributed by atoms with E-state index in [9.17, 15) is 9.59 Å². The van der Waals surface area contributed by atoms with Crippen molar-refractivity contribution < 1.29 is 14.7 Å². The Morgan fingerprint density at radius 1 is 1.35 bits per heavy atom. The maximum atomic E-state index is 12.4. The minimum Gasteiger partial charge on any atom is -0.481 e. The van der Waals surface area contributed by atoms with Crippen molar-refractivity contribution >= 4 is 23.2 Å². The van der Waals surface area contributed by atoms with Crippen LogP contribution in [-0.2, 0) is 9.59 Å². The van der Waals surface area contributed by atoms with E-state index >= 15 is 0 Å². The molecule has 2 N–H and O–H groups in total. The molecule has 2 rings (SSSR count). The number of amides is 1. The zero-order chi connectivity index (χ0) is 15.1. The summed E-state index contributed by atoms with van der Waals surface area (Å²) in [5, 5.41) is 14.2. The van der Waals surface area contributed by atoms with Crippen LogP contribution in [0.4, 0.5) is 0 Å². The van der Waals surface area contributed by atoms with E-state index in [1.165, 1.54) is 0 Å². The van der Waals surface area contributed by atoms with Crippen molar-refractivity contribution in [3.63, 3.8) is 0 Å². The molecule has 1 heterocycles. The lowest BCUT2D eigenvalue weighted by Gasteiger charge is -2.21. The zero-order valence-electron chi connectivity index (χ0n) is 12.2. The Bertz CT molecular complexity index is 507. The first-order valence-electron chi connectivity index (χ1n) is 6.83. The van der Waals surface area contributed by atoms with Gasteiger partial charge in [-0.2, -0.15) is 0 Å². The third kappa shape index (κ3) is 2.59. The van der Waals surface area contributed by atoms with Gasteiger partial charge in [0.1, 0.15) is 0 Å². The minimum atomic E-state index is -0.882. The van der Waals surface area contributed by atoms with E-state index in [2.05, 4.69) is 19.2 Å². The van der Waals surface area contributed by atoms with Crippen LogP contribution in [0.5, 0.6) is 0 Å². The number of aliphatic carboxylic acids is 1. The molecule has 1 fully saturated rings. The molecular weight excluding hydrogens is 274 g/mol. The number of carbonyl (C=O) groups is 2. The summed E-state index contributed by atoms with van der Waals surface area (Å²) in [6, 6.07) is 3.92. The average Bonchev–Trinajstić information content (AvgIpc) is 2.74. The van der Waals surface area contributed by atoms with Crippen molar-refractivity contribution in [3.05, 3.63) is 22.4 Å². The number of carboxylic acid groups (broad SMARTS) is 1. The van der Waals surface area contributed by atoms with Gasteiger partial charge in [-0.1, -0.05) is 33.8 Å². The van der Waals surface area contributed by atoms with Crippen LogP contribution in [-0.4, -0.2) is 17.0 Å². The molecule has 1 saturated carbocycles. The molecule has 1 unspecified atom stereocenters. The molecule has 20 heavy (non-hydrogen) atoms. The van der Waals surface area contributed by atoms with Crippen LogP contribution in [0.1, 0.15) is 38.6 Å². The number of rotatable bonds is 5. The third-order valence-electron chi connectivity index (χ3n) is 4.19. The molecule has 1 aromatic rings. The summed E-state index contributed by atoms with van der Waals surface area (Å²) in [6.07, 6.45) is 0. The maximum Gasteiger partial charge on any atom is 0.307 e. The van der Waals surface area contributed by atoms with Crippen LogP contribution in [0.3, 0.4) is 0 Å². The van der Waals surface area contributed by atoms with E-state index in [1.54, 1.807) is 11.3 Å². The summed E-state index contributed by atoms with van der Waals surface area (Å²) in [5.74, 6) is -1.76. The first-order valence-corrected chi connectivity index (χ1v) is 7.71. The van der Waals surface area contributed by atoms with Gasteiger partial charge in [0.15, 0.2) is 0 Å². The van der Waals surface area contributed by atoms with Gasteiger partial charge in [-0.3, -0.25) is 9.59 Å². The van der Waals surface area contributed by atoms with Gasteiger partial charge in [0.05, 0.1) is 17.9 Å². The number of nitrogens with one attached hydrogen (secondary N) is 1. The number of hydrogen-bond donors (Lipinski definition) is 2. The predicted molar refractivity (Wildman–Crippen MR) is 78.4 cm³/mol. The van der Waals surface area contributed by atoms with Crippen LogP contribution in [0, 0.1) is 23.2 Å². The van der Waals surface area contributed by atoms with Gasteiger partial charge in [0.2, 0.25) is 5.91 Å². The first-order chi connectivity index (χ1) is 9.26. The van der Waals surface area contributed by atoms with Gasteiger partial charge in [-0.15, -0.1) is 11.3 Å². The molecule has 3 atom stereocenters. The molecule has 0 bridgehead atoms. The lowest BCUT2D eigenvalue weighted by Crippen LogP contribution is -2.33. The van der Waals surface area contributed by atoms with Gasteiger partial charge in [-0.25, -0.2) is 0 Å². The van der Waals surface area contributed by atoms with Crippen LogP contribution >= 0.6 is 11.3 Å². The molecule has 0 aromatic carbocycles. The quantitative estimate of drug-likeness (QED) is 0.877. The largest absolute Gasteiger partial charge is 0.481 e. The first kappa shape index (κ1) is 15.0. The fourth-order valence-electron chi connectivity index (χ4n) is 2.87. The van der Waals surface area contributed by atoms with Gasteiger partial charge in [0, 0.05) is 4.88 Å². The van der Waals surface area contributed by atoms with Crippen LogP contribution < -0.4 is 5.32 Å². The van der Waals surface area contributed by atoms with Crippen molar-refractivity contribution in [3.8, 4) is 0 Å². The second kappa shape index (κ2) is 5.20. The Morgan fingerprint density at radius 3 is 2.40 bits per heavy atom. The van der Waals surface area contributed by atoms with E-state index < -0.39 is 23.2 Å². The summed E-state index contributed by atoms with van der Waals surface area (Å²) in [7, 11) is 0. The third-order valence-corrected chi connectivity index (χ3v) is 5.15. The highest BCUT2D eigenvalue weighted by atomic mass is 32.1. The van der Waals surface area contributed by atoms with Crippen LogP contribution in [0.25, 0.3) is 0 Å². The highest BCUT2D eigenvalue weighted by Gasteiger charge is 2.66. The SMILES string of the molecule is CC(C)C(NC(=O)[C@H]1[C@@H](C(=O)O)C1(C)C)c1cccs1. The molecule has 0 spiro atoms. The molecule has 0 aliphatic heterocycles. The van der Waals surface area contributed by atoms with Crippen molar-refractivity contribution in [2.75, 3.05) is 0 Å². The minimum absolute atomic E-state index is 0.0478. The standard InChI is InChI=1S/C15H21NO3S/c1-8(2)12(9-6-5-7-20-9)16-13(17)10-11(14(18)19)15(10,3)4/h5-8,10-12H,1-4H3,(H,16,17)(H,18,19)/t10-,11+,12?/m1/s1. The monoisotopic (exact) mass is 295 g/mol. The molecule has 5 heteroatoms. The van der Waals surface area contributed by atoms with E-state index in [0.29, 0.717) is 0 Å². The summed E-state index contributed by atoms with van der Waals surface area (Å²) in [6.45, 7) is 7.78. The smallest absolute Gasteiger partial charge is 0.307 e. The lowest BCUT2D eigenvalue weighted by molar-refractivity contribution is -0.140. The van der Waals surface area contributed by atoms with Gasteiger partial charge < -0.3 is 10.4 Å². The number of hydrogen-bond acceptors (Lipinski definition) is 3. The topological polar surface area (TPSA) is 66.4 Å². The predicted octanol–water partition coefficient (Wildman–Crippen LogP) is 2.92. The molecule has 1 amide bonds. The summed E-state index contributed by atoms with van der Waals surface area (Å²) < 4.78 is 0. The number of thiophene rings is 1. The highest BCUT2D eigenvalue weighted by molar-refractivity contribution is 7.10. The Hall–Kier alpha value is -1.36. The molecule has 4 nitrogen and oxygen atoms in total. The van der Waals surface area contributed by atoms with Crippen LogP contribution in [0.2, 0.25) is 0 Å². The van der Waals surface area contributed by atoms with Crippen molar-refractivity contribution in [2.24, 2.45) is 23.2 Å². The molecular formula is C15H21NO3S. The van der Waals surface area contributed by atoms with E-state index in [0.717, 1.165) is 4.88 Å². The Morgan fingerprint density at radius 2 is 2.00 bits per heavy atom. The number of carboxylic acids is 1. The van der Waals surface area contributed by atoms with Gasteiger partial charge in [-0.05, 0) is 22.8 Å². The zero-order valence-corrected chi connectivity index (χ0v) is 13.0. The van der Waals surface area contributed by atoms with Gasteiger partial charge in [0.25, 0.3) is 0 Å². The van der Waals surface area contributed by atoms with E-state index in [-0.39, 0.29) is 17.9 Å². The average molecular weight is 295 g/mol. The normalized spacial score (nSPS) is 25.2. The fraction of sp³-hybridized carbons (Fsp3) is 0.600. The summed E-state index contributed by atoms with van der Waals surface area (Å²) in [4.78, 5) is 24.6. The van der Waals surface area contributed by atoms with Crippen molar-refractivity contribution in [1.29, 1.82) is 0 Å². The lowest BCUT2D eigenvalue weighted by atomic mass is 10.0. The molecule has 0 radical (unpaired) electrons. The van der Waals surface area contributed by atoms with Crippen molar-refractivity contribution in [2.45, 2.75) is 33.7 Å². The Labute approximate surface area is 123 Å². The van der Waals surface area contributed by atoms with Gasteiger partial charge >= 0.3 is 5.97 Å². The Kier molecular flexibility index (Phi) is 3.91. The second-order valence-electron chi connectivity index (χ2n) is 6.36. The van der Waals surface area contributed by atoms with E-state index in [1.807, 2.05) is 31.4 Å². The fourth-order valence-corrected chi connectivity index (χ4v) is 3.81. The highest BCUT2D eigenvalue weighted by Crippen LogP contribution is 2.58. The molecule has 0 saturated heterocycles. The summed E-state index contributed by atoms with van der Waals surface area (Å²) in [5.41, 5.74) is -0.451. The maximum absolute atomic E-state index is 12.4. The van der Waals surface area contributed by atoms with Crippen LogP contribution in [0.15, 0.2) is 17.5 Å².